The topological polar surface area (TPSA) is 215 Å². The van der Waals surface area contributed by atoms with Gasteiger partial charge in [-0.25, -0.2) is 0 Å². The molecule has 6 bridgehead atoms. The van der Waals surface area contributed by atoms with Gasteiger partial charge in [0, 0.05) is 13.8 Å². The van der Waals surface area contributed by atoms with Crippen molar-refractivity contribution in [3.63, 3.8) is 0 Å². The van der Waals surface area contributed by atoms with Crippen molar-refractivity contribution in [2.75, 3.05) is 6.61 Å². The second kappa shape index (κ2) is 11.3. The van der Waals surface area contributed by atoms with Gasteiger partial charge in [0.1, 0.15) is 60.9 Å². The van der Waals surface area contributed by atoms with Crippen molar-refractivity contribution < 1.29 is 63.5 Å². The van der Waals surface area contributed by atoms with Crippen molar-refractivity contribution in [3.8, 4) is 0 Å². The number of hydrogen-bond donors (Lipinski definition) is 7. The molecule has 15 nitrogen and oxygen atoms in total. The van der Waals surface area contributed by atoms with Gasteiger partial charge in [0.05, 0.1) is 18.8 Å². The first kappa shape index (κ1) is 28.5. The van der Waals surface area contributed by atoms with Crippen LogP contribution in [0.1, 0.15) is 27.7 Å². The lowest BCUT2D eigenvalue weighted by atomic mass is 9.94. The average Bonchev–Trinajstić information content (AvgIpc) is 2.82. The Kier molecular flexibility index (Phi) is 8.72. The number of amides is 2. The van der Waals surface area contributed by atoms with E-state index in [4.69, 9.17) is 28.4 Å². The summed E-state index contributed by atoms with van der Waals surface area (Å²) in [6, 6.07) is -2.45. The molecular weight excluding hydrogens is 500 g/mol. The number of ether oxygens (including phenoxy) is 6. The van der Waals surface area contributed by atoms with Crippen LogP contribution < -0.4 is 10.6 Å². The molecule has 37 heavy (non-hydrogen) atoms. The van der Waals surface area contributed by atoms with E-state index in [9.17, 15) is 35.1 Å². The maximum Gasteiger partial charge on any atom is 0.217 e. The van der Waals surface area contributed by atoms with Crippen molar-refractivity contribution in [1.29, 1.82) is 0 Å². The number of aliphatic hydroxyl groups is 5. The summed E-state index contributed by atoms with van der Waals surface area (Å²) >= 11 is 0. The number of nitrogens with one attached hydrogen (secondary N) is 2. The maximum atomic E-state index is 12.1. The number of carbonyl (C=O) groups excluding carboxylic acids is 2. The Morgan fingerprint density at radius 3 is 1.78 bits per heavy atom. The molecule has 15 atom stereocenters. The zero-order valence-corrected chi connectivity index (χ0v) is 20.9. The lowest BCUT2D eigenvalue weighted by Crippen LogP contribution is -2.69. The van der Waals surface area contributed by atoms with E-state index in [1.54, 1.807) is 6.92 Å². The van der Waals surface area contributed by atoms with Crippen LogP contribution in [-0.4, -0.2) is 136 Å². The molecule has 5 rings (SSSR count). The fourth-order valence-electron chi connectivity index (χ4n) is 5.18. The van der Waals surface area contributed by atoms with Crippen LogP contribution in [0.5, 0.6) is 0 Å². The first-order chi connectivity index (χ1) is 17.4. The summed E-state index contributed by atoms with van der Waals surface area (Å²) in [6.45, 7) is 4.86. The number of hydrogen-bond acceptors (Lipinski definition) is 13. The van der Waals surface area contributed by atoms with Crippen LogP contribution in [0.2, 0.25) is 0 Å². The molecule has 0 spiro atoms. The third kappa shape index (κ3) is 5.62. The monoisotopic (exact) mass is 536 g/mol. The minimum atomic E-state index is -1.61. The third-order valence-electron chi connectivity index (χ3n) is 7.06. The minimum Gasteiger partial charge on any atom is -0.394 e. The van der Waals surface area contributed by atoms with Gasteiger partial charge < -0.3 is 64.6 Å². The molecule has 212 valence electrons. The molecule has 0 aliphatic carbocycles. The van der Waals surface area contributed by atoms with E-state index in [0.29, 0.717) is 0 Å². The molecule has 0 aromatic rings. The molecule has 5 aliphatic rings. The van der Waals surface area contributed by atoms with Gasteiger partial charge in [0.25, 0.3) is 0 Å². The van der Waals surface area contributed by atoms with E-state index in [-0.39, 0.29) is 0 Å². The van der Waals surface area contributed by atoms with Crippen LogP contribution >= 0.6 is 0 Å². The average molecular weight is 537 g/mol. The molecule has 5 aliphatic heterocycles. The fraction of sp³-hybridized carbons (Fsp3) is 0.909. The Morgan fingerprint density at radius 1 is 0.622 bits per heavy atom. The first-order valence-corrected chi connectivity index (χ1v) is 12.2. The van der Waals surface area contributed by atoms with E-state index in [1.165, 1.54) is 20.8 Å². The number of carbonyl (C=O) groups is 2. The van der Waals surface area contributed by atoms with Crippen LogP contribution in [0.3, 0.4) is 0 Å². The smallest absolute Gasteiger partial charge is 0.217 e. The molecule has 2 amide bonds. The minimum absolute atomic E-state index is 0.523. The summed E-state index contributed by atoms with van der Waals surface area (Å²) in [7, 11) is 0. The molecule has 5 saturated heterocycles. The summed E-state index contributed by atoms with van der Waals surface area (Å²) in [5.41, 5.74) is 0. The first-order valence-electron chi connectivity index (χ1n) is 12.2. The van der Waals surface area contributed by atoms with Crippen LogP contribution in [0.4, 0.5) is 0 Å². The molecule has 7 N–H and O–H groups in total. The van der Waals surface area contributed by atoms with Crippen molar-refractivity contribution in [2.24, 2.45) is 0 Å². The van der Waals surface area contributed by atoms with Crippen molar-refractivity contribution in [2.45, 2.75) is 120 Å². The van der Waals surface area contributed by atoms with Gasteiger partial charge in [-0.05, 0) is 13.8 Å². The summed E-state index contributed by atoms with van der Waals surface area (Å²) in [5, 5.41) is 59.1. The molecule has 0 aromatic carbocycles. The van der Waals surface area contributed by atoms with Gasteiger partial charge >= 0.3 is 0 Å². The van der Waals surface area contributed by atoms with Crippen LogP contribution in [0.15, 0.2) is 0 Å². The zero-order valence-electron chi connectivity index (χ0n) is 20.9. The molecule has 0 saturated carbocycles. The van der Waals surface area contributed by atoms with Crippen LogP contribution in [0, 0.1) is 0 Å². The lowest BCUT2D eigenvalue weighted by molar-refractivity contribution is -0.351. The Bertz CT molecular complexity index is 834. The second-order valence-corrected chi connectivity index (χ2v) is 9.86. The molecule has 5 heterocycles. The number of rotatable bonds is 3. The highest BCUT2D eigenvalue weighted by molar-refractivity contribution is 5.73. The highest BCUT2D eigenvalue weighted by atomic mass is 16.8. The molecule has 5 fully saturated rings. The largest absolute Gasteiger partial charge is 0.394 e. The Morgan fingerprint density at radius 2 is 1.16 bits per heavy atom. The van der Waals surface area contributed by atoms with Gasteiger partial charge in [-0.3, -0.25) is 9.59 Å². The summed E-state index contributed by atoms with van der Waals surface area (Å²) in [6.07, 6.45) is -17.0. The van der Waals surface area contributed by atoms with Gasteiger partial charge in [0.2, 0.25) is 11.8 Å². The maximum absolute atomic E-state index is 12.1. The Labute approximate surface area is 212 Å². The van der Waals surface area contributed by atoms with Crippen LogP contribution in [-0.2, 0) is 38.0 Å². The molecule has 0 radical (unpaired) electrons. The summed E-state index contributed by atoms with van der Waals surface area (Å²) in [5.74, 6) is -1.07. The van der Waals surface area contributed by atoms with Gasteiger partial charge in [0.15, 0.2) is 18.9 Å². The summed E-state index contributed by atoms with van der Waals surface area (Å²) < 4.78 is 35.3. The van der Waals surface area contributed by atoms with Crippen molar-refractivity contribution >= 4 is 11.8 Å². The molecule has 0 aromatic heterocycles. The van der Waals surface area contributed by atoms with E-state index >= 15 is 0 Å². The Balaban J connectivity index is 1.82. The van der Waals surface area contributed by atoms with Crippen molar-refractivity contribution in [3.05, 3.63) is 0 Å². The van der Waals surface area contributed by atoms with Gasteiger partial charge in [-0.2, -0.15) is 0 Å². The highest BCUT2D eigenvalue weighted by Crippen LogP contribution is 2.35. The summed E-state index contributed by atoms with van der Waals surface area (Å²) in [4.78, 5) is 24.1. The molecular formula is C22H36N2O13. The predicted molar refractivity (Wildman–Crippen MR) is 118 cm³/mol. The Hall–Kier alpha value is -1.50. The SMILES string of the molecule is CC(=O)N[C@@H]1[C@@H]2O[C@H]3[C@H](O)[C@@H](CO)O[C@@H](O[C@@H]4[C@@H](O)[C@H](C)O[C@@H](O[C@@H]([C@H]1O)[C@H](C)O2)[C@@H]4O)[C@@H]3NC(C)=O. The van der Waals surface area contributed by atoms with E-state index < -0.39 is 110 Å². The number of fused-ring (bicyclic) bond motifs is 2. The lowest BCUT2D eigenvalue weighted by Gasteiger charge is -2.48. The zero-order chi connectivity index (χ0) is 27.2. The fourth-order valence-corrected chi connectivity index (χ4v) is 5.18. The quantitative estimate of drug-likeness (QED) is 0.182. The number of aliphatic hydroxyl groups excluding tert-OH is 5. The van der Waals surface area contributed by atoms with Gasteiger partial charge in [-0.15, -0.1) is 0 Å². The normalized spacial score (nSPS) is 50.2. The van der Waals surface area contributed by atoms with Crippen LogP contribution in [0.25, 0.3) is 0 Å². The van der Waals surface area contributed by atoms with E-state index in [1.807, 2.05) is 0 Å². The van der Waals surface area contributed by atoms with Gasteiger partial charge in [-0.1, -0.05) is 0 Å². The highest BCUT2D eigenvalue weighted by Gasteiger charge is 2.56. The second-order valence-electron chi connectivity index (χ2n) is 9.86. The predicted octanol–water partition coefficient (Wildman–Crippen LogP) is -4.18. The standard InChI is InChI=1S/C22H36N2O13/c1-6-13(28)19-16(31)22(32-6)35-17-7(2)33-20(11(15(17)30)23-8(3)26)36-18-12(24-9(4)27)21(37-19)34-10(5-25)14(18)29/h6-7,10-22,25,28-31H,5H2,1-4H3,(H,23,26)(H,24,27)/t6-,7-,10+,11-,12+,13-,14+,15-,16+,17+,18+,19+,20-,21-,22-/m0/s1. The van der Waals surface area contributed by atoms with Crippen molar-refractivity contribution in [1.82, 2.24) is 10.6 Å². The molecule has 0 unspecified atom stereocenters. The molecule has 15 heteroatoms. The van der Waals surface area contributed by atoms with E-state index in [2.05, 4.69) is 10.6 Å². The third-order valence-corrected chi connectivity index (χ3v) is 7.06. The van der Waals surface area contributed by atoms with E-state index in [0.717, 1.165) is 0 Å².